The summed E-state index contributed by atoms with van der Waals surface area (Å²) < 4.78 is 16.3. The highest BCUT2D eigenvalue weighted by molar-refractivity contribution is 5.91. The van der Waals surface area contributed by atoms with Crippen molar-refractivity contribution >= 4 is 17.7 Å². The summed E-state index contributed by atoms with van der Waals surface area (Å²) in [6.45, 7) is 7.25. The molecule has 0 unspecified atom stereocenters. The van der Waals surface area contributed by atoms with Crippen molar-refractivity contribution in [1.29, 1.82) is 0 Å². The van der Waals surface area contributed by atoms with Gasteiger partial charge < -0.3 is 14.0 Å². The van der Waals surface area contributed by atoms with Gasteiger partial charge in [0.25, 0.3) is 0 Å². The fraction of sp³-hybridized carbons (Fsp3) is 0.233. The molecular formula is C30H30N2O5. The number of benzene rings is 3. The quantitative estimate of drug-likeness (QED) is 0.260. The average molecular weight is 499 g/mol. The number of rotatable bonds is 8. The number of esters is 1. The molecular weight excluding hydrogens is 468 g/mol. The number of ether oxygens (including phenoxy) is 2. The van der Waals surface area contributed by atoms with Gasteiger partial charge in [-0.2, -0.15) is 0 Å². The van der Waals surface area contributed by atoms with Gasteiger partial charge in [0.05, 0.1) is 12.5 Å². The number of nitrogens with zero attached hydrogens (tertiary/aromatic N) is 1. The number of carbonyl (C=O) groups is 2. The number of carbonyl (C=O) groups excluding carboxylic acids is 2. The minimum atomic E-state index is -0.585. The topological polar surface area (TPSA) is 90.7 Å². The fourth-order valence-electron chi connectivity index (χ4n) is 3.90. The summed E-state index contributed by atoms with van der Waals surface area (Å²) in [4.78, 5) is 24.5. The van der Waals surface area contributed by atoms with E-state index in [4.69, 9.17) is 14.0 Å². The standard InChI is InChI=1S/C30H30N2O5/c1-19(2)35-27(33)18-22-10-12-24(13-11-22)25-14-16-26(17-15-25)29-28(20(3)32-37-29)31-30(34)36-21(4)23-8-6-5-7-9-23/h5-17,19,21H,18H2,1-4H3,(H,31,34)/t21-/m1/s1. The van der Waals surface area contributed by atoms with Crippen LogP contribution in [-0.2, 0) is 20.7 Å². The lowest BCUT2D eigenvalue weighted by atomic mass is 10.0. The predicted molar refractivity (Wildman–Crippen MR) is 142 cm³/mol. The first-order chi connectivity index (χ1) is 17.8. The third-order valence-electron chi connectivity index (χ3n) is 5.79. The van der Waals surface area contributed by atoms with Crippen LogP contribution in [0, 0.1) is 6.92 Å². The van der Waals surface area contributed by atoms with Crippen LogP contribution in [0.3, 0.4) is 0 Å². The third-order valence-corrected chi connectivity index (χ3v) is 5.79. The Morgan fingerprint density at radius 1 is 0.838 bits per heavy atom. The van der Waals surface area contributed by atoms with E-state index in [1.807, 2.05) is 99.6 Å². The summed E-state index contributed by atoms with van der Waals surface area (Å²) in [5, 5.41) is 6.81. The molecule has 1 heterocycles. The zero-order valence-corrected chi connectivity index (χ0v) is 21.4. The molecule has 1 N–H and O–H groups in total. The fourth-order valence-corrected chi connectivity index (χ4v) is 3.90. The second-order valence-electron chi connectivity index (χ2n) is 9.04. The summed E-state index contributed by atoms with van der Waals surface area (Å²) in [6.07, 6.45) is -0.878. The molecule has 7 nitrogen and oxygen atoms in total. The molecule has 0 radical (unpaired) electrons. The van der Waals surface area contributed by atoms with Crippen LogP contribution in [-0.4, -0.2) is 23.3 Å². The second kappa shape index (κ2) is 11.6. The van der Waals surface area contributed by atoms with Gasteiger partial charge in [0.1, 0.15) is 17.5 Å². The number of aromatic nitrogens is 1. The molecule has 4 aromatic rings. The molecule has 190 valence electrons. The van der Waals surface area contributed by atoms with Crippen LogP contribution >= 0.6 is 0 Å². The van der Waals surface area contributed by atoms with Gasteiger partial charge in [-0.3, -0.25) is 10.1 Å². The molecule has 4 rings (SSSR count). The van der Waals surface area contributed by atoms with Crippen molar-refractivity contribution in [2.45, 2.75) is 46.3 Å². The van der Waals surface area contributed by atoms with Crippen LogP contribution in [0.1, 0.15) is 43.7 Å². The van der Waals surface area contributed by atoms with E-state index in [-0.39, 0.29) is 18.5 Å². The number of anilines is 1. The van der Waals surface area contributed by atoms with E-state index in [1.54, 1.807) is 6.92 Å². The van der Waals surface area contributed by atoms with Gasteiger partial charge in [0.15, 0.2) is 5.76 Å². The van der Waals surface area contributed by atoms with E-state index >= 15 is 0 Å². The maximum atomic E-state index is 12.6. The highest BCUT2D eigenvalue weighted by atomic mass is 16.6. The first-order valence-electron chi connectivity index (χ1n) is 12.2. The molecule has 0 aliphatic carbocycles. The SMILES string of the molecule is Cc1noc(-c2ccc(-c3ccc(CC(=O)OC(C)C)cc3)cc2)c1NC(=O)O[C@H](C)c1ccccc1. The lowest BCUT2D eigenvalue weighted by molar-refractivity contribution is -0.146. The molecule has 0 saturated carbocycles. The molecule has 0 spiro atoms. The molecule has 37 heavy (non-hydrogen) atoms. The molecule has 0 saturated heterocycles. The Kier molecular flexibility index (Phi) is 8.03. The van der Waals surface area contributed by atoms with Crippen molar-refractivity contribution in [3.8, 4) is 22.5 Å². The van der Waals surface area contributed by atoms with Gasteiger partial charge in [-0.1, -0.05) is 84.0 Å². The van der Waals surface area contributed by atoms with E-state index in [1.165, 1.54) is 0 Å². The van der Waals surface area contributed by atoms with Crippen LogP contribution < -0.4 is 5.32 Å². The van der Waals surface area contributed by atoms with Crippen molar-refractivity contribution in [2.24, 2.45) is 0 Å². The monoisotopic (exact) mass is 498 g/mol. The number of hydrogen-bond acceptors (Lipinski definition) is 6. The van der Waals surface area contributed by atoms with Crippen LogP contribution in [0.4, 0.5) is 10.5 Å². The Morgan fingerprint density at radius 2 is 1.43 bits per heavy atom. The highest BCUT2D eigenvalue weighted by Gasteiger charge is 2.20. The summed E-state index contributed by atoms with van der Waals surface area (Å²) in [5.74, 6) is 0.213. The summed E-state index contributed by atoms with van der Waals surface area (Å²) >= 11 is 0. The molecule has 0 aliphatic heterocycles. The molecule has 1 amide bonds. The Labute approximate surface area is 216 Å². The van der Waals surface area contributed by atoms with E-state index in [2.05, 4.69) is 10.5 Å². The van der Waals surface area contributed by atoms with Crippen LogP contribution in [0.2, 0.25) is 0 Å². The summed E-state index contributed by atoms with van der Waals surface area (Å²) in [6, 6.07) is 25.1. The molecule has 3 aromatic carbocycles. The van der Waals surface area contributed by atoms with Crippen molar-refractivity contribution < 1.29 is 23.6 Å². The molecule has 0 bridgehead atoms. The maximum absolute atomic E-state index is 12.6. The lowest BCUT2D eigenvalue weighted by Crippen LogP contribution is -2.16. The number of amides is 1. The minimum Gasteiger partial charge on any atom is -0.463 e. The van der Waals surface area contributed by atoms with Crippen molar-refractivity contribution in [1.82, 2.24) is 5.16 Å². The largest absolute Gasteiger partial charge is 0.463 e. The van der Waals surface area contributed by atoms with Gasteiger partial charge in [0.2, 0.25) is 0 Å². The summed E-state index contributed by atoms with van der Waals surface area (Å²) in [7, 11) is 0. The minimum absolute atomic E-state index is 0.127. The Morgan fingerprint density at radius 3 is 2.05 bits per heavy atom. The van der Waals surface area contributed by atoms with Crippen molar-refractivity contribution in [3.05, 3.63) is 95.7 Å². The number of aryl methyl sites for hydroxylation is 1. The van der Waals surface area contributed by atoms with Crippen molar-refractivity contribution in [2.75, 3.05) is 5.32 Å². The van der Waals surface area contributed by atoms with Crippen LogP contribution in [0.5, 0.6) is 0 Å². The molecule has 1 atom stereocenters. The van der Waals surface area contributed by atoms with Gasteiger partial charge in [-0.05, 0) is 49.9 Å². The number of nitrogens with one attached hydrogen (secondary N) is 1. The highest BCUT2D eigenvalue weighted by Crippen LogP contribution is 2.33. The van der Waals surface area contributed by atoms with Gasteiger partial charge >= 0.3 is 12.1 Å². The number of hydrogen-bond donors (Lipinski definition) is 1. The molecule has 7 heteroatoms. The zero-order valence-electron chi connectivity index (χ0n) is 21.4. The van der Waals surface area contributed by atoms with Crippen LogP contribution in [0.15, 0.2) is 83.4 Å². The predicted octanol–water partition coefficient (Wildman–Crippen LogP) is 7.12. The smallest absolute Gasteiger partial charge is 0.412 e. The molecule has 0 fully saturated rings. The average Bonchev–Trinajstić information content (AvgIpc) is 3.24. The molecule has 1 aromatic heterocycles. The second-order valence-corrected chi connectivity index (χ2v) is 9.04. The lowest BCUT2D eigenvalue weighted by Gasteiger charge is -2.14. The van der Waals surface area contributed by atoms with E-state index in [0.29, 0.717) is 17.1 Å². The van der Waals surface area contributed by atoms with E-state index < -0.39 is 12.2 Å². The normalized spacial score (nSPS) is 11.7. The van der Waals surface area contributed by atoms with Gasteiger partial charge in [0, 0.05) is 5.56 Å². The maximum Gasteiger partial charge on any atom is 0.412 e. The Balaban J connectivity index is 1.44. The van der Waals surface area contributed by atoms with Crippen molar-refractivity contribution in [3.63, 3.8) is 0 Å². The third kappa shape index (κ3) is 6.64. The molecule has 0 aliphatic rings. The van der Waals surface area contributed by atoms with Gasteiger partial charge in [-0.25, -0.2) is 4.79 Å². The first-order valence-corrected chi connectivity index (χ1v) is 12.2. The Bertz CT molecular complexity index is 1340. The summed E-state index contributed by atoms with van der Waals surface area (Å²) in [5.41, 5.74) is 5.60. The van der Waals surface area contributed by atoms with E-state index in [9.17, 15) is 9.59 Å². The first kappa shape index (κ1) is 25.7. The Hall–Kier alpha value is -4.39. The van der Waals surface area contributed by atoms with E-state index in [0.717, 1.165) is 27.8 Å². The van der Waals surface area contributed by atoms with Gasteiger partial charge in [-0.15, -0.1) is 0 Å². The van der Waals surface area contributed by atoms with Crippen LogP contribution in [0.25, 0.3) is 22.5 Å². The zero-order chi connectivity index (χ0) is 26.4.